The van der Waals surface area contributed by atoms with Crippen molar-refractivity contribution in [2.45, 2.75) is 48.0 Å². The third-order valence-corrected chi connectivity index (χ3v) is 2.72. The molecule has 0 radical (unpaired) electrons. The monoisotopic (exact) mass is 241 g/mol. The highest BCUT2D eigenvalue weighted by atomic mass is 16.5. The van der Waals surface area contributed by atoms with Gasteiger partial charge in [0.1, 0.15) is 5.70 Å². The molecule has 1 N–H and O–H groups in total. The van der Waals surface area contributed by atoms with Gasteiger partial charge in [-0.05, 0) is 32.8 Å². The van der Waals surface area contributed by atoms with E-state index in [2.05, 4.69) is 5.32 Å². The third kappa shape index (κ3) is 4.59. The van der Waals surface area contributed by atoms with Gasteiger partial charge < -0.3 is 10.1 Å². The van der Waals surface area contributed by atoms with Crippen LogP contribution >= 0.6 is 0 Å². The lowest BCUT2D eigenvalue weighted by atomic mass is 9.89. The van der Waals surface area contributed by atoms with Gasteiger partial charge in [0.25, 0.3) is 0 Å². The maximum Gasteiger partial charge on any atom is 0.354 e. The lowest BCUT2D eigenvalue weighted by Gasteiger charge is -2.22. The molecule has 0 atom stereocenters. The molecule has 0 aliphatic carbocycles. The first kappa shape index (κ1) is 15.7. The summed E-state index contributed by atoms with van der Waals surface area (Å²) in [5.74, 6) is -0.642. The van der Waals surface area contributed by atoms with Crippen molar-refractivity contribution in [2.24, 2.45) is 5.41 Å². The van der Waals surface area contributed by atoms with E-state index in [1.807, 2.05) is 20.8 Å². The SMILES string of the molecule is CCOC(=O)C(NC(=O)C(C)(C)CC)=C(C)C. The van der Waals surface area contributed by atoms with Gasteiger partial charge >= 0.3 is 5.97 Å². The van der Waals surface area contributed by atoms with Gasteiger partial charge in [-0.25, -0.2) is 4.79 Å². The highest BCUT2D eigenvalue weighted by Crippen LogP contribution is 2.20. The van der Waals surface area contributed by atoms with Crippen molar-refractivity contribution in [1.82, 2.24) is 5.32 Å². The van der Waals surface area contributed by atoms with Crippen molar-refractivity contribution in [2.75, 3.05) is 6.61 Å². The summed E-state index contributed by atoms with van der Waals surface area (Å²) in [6.07, 6.45) is 0.706. The minimum Gasteiger partial charge on any atom is -0.461 e. The number of carbonyl (C=O) groups excluding carboxylic acids is 2. The first-order valence-electron chi connectivity index (χ1n) is 5.92. The third-order valence-electron chi connectivity index (χ3n) is 2.72. The van der Waals surface area contributed by atoms with Crippen LogP contribution in [0.25, 0.3) is 0 Å². The fraction of sp³-hybridized carbons (Fsp3) is 0.692. The minimum atomic E-state index is -0.493. The van der Waals surface area contributed by atoms with Crippen LogP contribution in [0.3, 0.4) is 0 Å². The van der Waals surface area contributed by atoms with Crippen LogP contribution in [0.2, 0.25) is 0 Å². The van der Waals surface area contributed by atoms with Crippen LogP contribution in [0, 0.1) is 5.41 Å². The Labute approximate surface area is 103 Å². The van der Waals surface area contributed by atoms with E-state index >= 15 is 0 Å². The van der Waals surface area contributed by atoms with E-state index in [1.165, 1.54) is 0 Å². The summed E-state index contributed by atoms with van der Waals surface area (Å²) >= 11 is 0. The zero-order valence-corrected chi connectivity index (χ0v) is 11.6. The lowest BCUT2D eigenvalue weighted by Crippen LogP contribution is -2.38. The van der Waals surface area contributed by atoms with Gasteiger partial charge in [-0.3, -0.25) is 4.79 Å². The summed E-state index contributed by atoms with van der Waals surface area (Å²) in [5.41, 5.74) is 0.495. The van der Waals surface area contributed by atoms with E-state index in [9.17, 15) is 9.59 Å². The van der Waals surface area contributed by atoms with Gasteiger partial charge in [0.05, 0.1) is 6.61 Å². The summed E-state index contributed by atoms with van der Waals surface area (Å²) in [7, 11) is 0. The second-order valence-electron chi connectivity index (χ2n) is 4.79. The summed E-state index contributed by atoms with van der Waals surface area (Å²) < 4.78 is 4.90. The van der Waals surface area contributed by atoms with E-state index in [0.717, 1.165) is 5.57 Å². The Morgan fingerprint density at radius 1 is 1.18 bits per heavy atom. The maximum atomic E-state index is 12.0. The zero-order chi connectivity index (χ0) is 13.6. The topological polar surface area (TPSA) is 55.4 Å². The van der Waals surface area contributed by atoms with Gasteiger partial charge in [0.2, 0.25) is 5.91 Å². The van der Waals surface area contributed by atoms with E-state index in [0.29, 0.717) is 13.0 Å². The molecule has 4 heteroatoms. The Morgan fingerprint density at radius 3 is 2.06 bits per heavy atom. The summed E-state index contributed by atoms with van der Waals surface area (Å²) in [5, 5.41) is 2.66. The number of amides is 1. The van der Waals surface area contributed by atoms with Gasteiger partial charge in [0, 0.05) is 5.41 Å². The van der Waals surface area contributed by atoms with E-state index in [-0.39, 0.29) is 11.6 Å². The van der Waals surface area contributed by atoms with Crippen molar-refractivity contribution in [3.63, 3.8) is 0 Å². The number of esters is 1. The summed E-state index contributed by atoms with van der Waals surface area (Å²) in [4.78, 5) is 23.6. The van der Waals surface area contributed by atoms with Crippen LogP contribution in [0.4, 0.5) is 0 Å². The van der Waals surface area contributed by atoms with Crippen LogP contribution in [-0.2, 0) is 14.3 Å². The van der Waals surface area contributed by atoms with Crippen molar-refractivity contribution >= 4 is 11.9 Å². The normalized spacial score (nSPS) is 10.7. The number of carbonyl (C=O) groups is 2. The molecule has 0 aliphatic heterocycles. The number of ether oxygens (including phenoxy) is 1. The molecule has 0 spiro atoms. The van der Waals surface area contributed by atoms with Crippen LogP contribution < -0.4 is 5.32 Å². The number of rotatable bonds is 5. The van der Waals surface area contributed by atoms with Crippen molar-refractivity contribution in [3.8, 4) is 0 Å². The predicted molar refractivity (Wildman–Crippen MR) is 67.2 cm³/mol. The second kappa shape index (κ2) is 6.42. The molecule has 0 bridgehead atoms. The molecule has 0 unspecified atom stereocenters. The minimum absolute atomic E-state index is 0.163. The Hall–Kier alpha value is -1.32. The molecular formula is C13H23NO3. The van der Waals surface area contributed by atoms with Crippen molar-refractivity contribution in [1.29, 1.82) is 0 Å². The van der Waals surface area contributed by atoms with Gasteiger partial charge in [-0.2, -0.15) is 0 Å². The average molecular weight is 241 g/mol. The maximum absolute atomic E-state index is 12.0. The molecule has 17 heavy (non-hydrogen) atoms. The Morgan fingerprint density at radius 2 is 1.71 bits per heavy atom. The Bertz CT molecular complexity index is 326. The molecule has 0 saturated carbocycles. The molecule has 0 fully saturated rings. The summed E-state index contributed by atoms with van der Waals surface area (Å²) in [6.45, 7) is 11.2. The van der Waals surface area contributed by atoms with Gasteiger partial charge in [0.15, 0.2) is 0 Å². The molecule has 0 heterocycles. The van der Waals surface area contributed by atoms with Gasteiger partial charge in [-0.1, -0.05) is 20.8 Å². The number of hydrogen-bond acceptors (Lipinski definition) is 3. The first-order valence-corrected chi connectivity index (χ1v) is 5.92. The molecule has 98 valence electrons. The van der Waals surface area contributed by atoms with E-state index in [1.54, 1.807) is 20.8 Å². The molecule has 0 aliphatic rings. The molecule has 0 saturated heterocycles. The molecule has 0 aromatic heterocycles. The highest BCUT2D eigenvalue weighted by Gasteiger charge is 2.27. The number of nitrogens with one attached hydrogen (secondary N) is 1. The van der Waals surface area contributed by atoms with Crippen LogP contribution in [0.15, 0.2) is 11.3 Å². The number of allylic oxidation sites excluding steroid dienone is 1. The zero-order valence-electron chi connectivity index (χ0n) is 11.6. The fourth-order valence-electron chi connectivity index (χ4n) is 1.03. The summed E-state index contributed by atoms with van der Waals surface area (Å²) in [6, 6.07) is 0. The molecule has 1 amide bonds. The largest absolute Gasteiger partial charge is 0.461 e. The smallest absolute Gasteiger partial charge is 0.354 e. The predicted octanol–water partition coefficient (Wildman–Crippen LogP) is 2.40. The standard InChI is InChI=1S/C13H23NO3/c1-7-13(5,6)12(16)14-10(9(3)4)11(15)17-8-2/h7-8H2,1-6H3,(H,14,16). The molecular weight excluding hydrogens is 218 g/mol. The quantitative estimate of drug-likeness (QED) is 0.594. The fourth-order valence-corrected chi connectivity index (χ4v) is 1.03. The van der Waals surface area contributed by atoms with Crippen LogP contribution in [0.5, 0.6) is 0 Å². The van der Waals surface area contributed by atoms with E-state index in [4.69, 9.17) is 4.74 Å². The van der Waals surface area contributed by atoms with Crippen LogP contribution in [-0.4, -0.2) is 18.5 Å². The second-order valence-corrected chi connectivity index (χ2v) is 4.79. The van der Waals surface area contributed by atoms with Crippen LogP contribution in [0.1, 0.15) is 48.0 Å². The molecule has 0 aromatic rings. The van der Waals surface area contributed by atoms with E-state index < -0.39 is 11.4 Å². The Balaban J connectivity index is 4.88. The van der Waals surface area contributed by atoms with Crippen molar-refractivity contribution in [3.05, 3.63) is 11.3 Å². The number of hydrogen-bond donors (Lipinski definition) is 1. The molecule has 4 nitrogen and oxygen atoms in total. The molecule has 0 aromatic carbocycles. The Kier molecular flexibility index (Phi) is 5.93. The van der Waals surface area contributed by atoms with Gasteiger partial charge in [-0.15, -0.1) is 0 Å². The van der Waals surface area contributed by atoms with Crippen molar-refractivity contribution < 1.29 is 14.3 Å². The average Bonchev–Trinajstić information content (AvgIpc) is 2.25. The molecule has 0 rings (SSSR count). The lowest BCUT2D eigenvalue weighted by molar-refractivity contribution is -0.141. The highest BCUT2D eigenvalue weighted by molar-refractivity contribution is 5.95. The first-order chi connectivity index (χ1) is 7.76.